The van der Waals surface area contributed by atoms with Crippen molar-refractivity contribution in [1.29, 1.82) is 0 Å². The van der Waals surface area contributed by atoms with Crippen LogP contribution in [-0.4, -0.2) is 13.1 Å². The molecule has 5 heteroatoms. The summed E-state index contributed by atoms with van der Waals surface area (Å²) < 4.78 is 31.1. The summed E-state index contributed by atoms with van der Waals surface area (Å²) in [6, 6.07) is 19.0. The number of benzene rings is 3. The van der Waals surface area contributed by atoms with Crippen LogP contribution in [0.1, 0.15) is 38.7 Å². The van der Waals surface area contributed by atoms with Crippen molar-refractivity contribution in [3.63, 3.8) is 0 Å². The van der Waals surface area contributed by atoms with E-state index in [0.29, 0.717) is 11.3 Å². The quantitative estimate of drug-likeness (QED) is 0.651. The molecule has 0 fully saturated rings. The number of ether oxygens (including phenoxy) is 3. The Kier molecular flexibility index (Phi) is 3.36. The molecule has 0 saturated heterocycles. The molecule has 134 valence electrons. The molecule has 2 bridgehead atoms. The molecule has 3 aromatic rings. The fourth-order valence-corrected chi connectivity index (χ4v) is 3.90. The van der Waals surface area contributed by atoms with E-state index in [0.717, 1.165) is 22.3 Å². The number of esters is 1. The van der Waals surface area contributed by atoms with Gasteiger partial charge in [0.25, 0.3) is 5.79 Å². The van der Waals surface area contributed by atoms with Gasteiger partial charge in [-0.15, -0.1) is 0 Å². The lowest BCUT2D eigenvalue weighted by Crippen LogP contribution is -2.32. The van der Waals surface area contributed by atoms with Crippen molar-refractivity contribution in [2.45, 2.75) is 11.9 Å². The normalized spacial score (nSPS) is 21.5. The van der Waals surface area contributed by atoms with Gasteiger partial charge in [0.1, 0.15) is 17.7 Å². The molecule has 2 aliphatic rings. The monoisotopic (exact) mass is 362 g/mol. The van der Waals surface area contributed by atoms with E-state index in [9.17, 15) is 9.18 Å². The molecular weight excluding hydrogens is 347 g/mol. The Balaban J connectivity index is 1.71. The zero-order chi connectivity index (χ0) is 18.6. The van der Waals surface area contributed by atoms with E-state index in [1.807, 2.05) is 30.3 Å². The highest BCUT2D eigenvalue weighted by molar-refractivity contribution is 5.90. The predicted molar refractivity (Wildman–Crippen MR) is 95.0 cm³/mol. The topological polar surface area (TPSA) is 44.8 Å². The second kappa shape index (κ2) is 5.66. The van der Waals surface area contributed by atoms with Gasteiger partial charge in [-0.2, -0.15) is 0 Å². The lowest BCUT2D eigenvalue weighted by Gasteiger charge is -2.29. The minimum atomic E-state index is -1.23. The van der Waals surface area contributed by atoms with Gasteiger partial charge in [0, 0.05) is 17.2 Å². The SMILES string of the molecule is COC(=O)c1ccc2c(c1)[C@@]1(Oc3cccc(F)c3)O[C@@H]2c2ccccc21. The molecule has 0 saturated carbocycles. The van der Waals surface area contributed by atoms with Gasteiger partial charge >= 0.3 is 5.97 Å². The average molecular weight is 362 g/mol. The number of halogens is 1. The Morgan fingerprint density at radius 3 is 2.63 bits per heavy atom. The first-order chi connectivity index (χ1) is 13.1. The predicted octanol–water partition coefficient (Wildman–Crippen LogP) is 4.33. The Hall–Kier alpha value is -3.18. The van der Waals surface area contributed by atoms with Crippen molar-refractivity contribution in [3.05, 3.63) is 100 Å². The molecule has 0 unspecified atom stereocenters. The van der Waals surface area contributed by atoms with E-state index in [1.54, 1.807) is 24.3 Å². The Morgan fingerprint density at radius 2 is 1.81 bits per heavy atom. The fourth-order valence-electron chi connectivity index (χ4n) is 3.90. The summed E-state index contributed by atoms with van der Waals surface area (Å²) in [5.41, 5.74) is 3.93. The number of carbonyl (C=O) groups excluding carboxylic acids is 1. The van der Waals surface area contributed by atoms with Gasteiger partial charge in [-0.3, -0.25) is 0 Å². The summed E-state index contributed by atoms with van der Waals surface area (Å²) in [4.78, 5) is 12.0. The number of hydrogen-bond acceptors (Lipinski definition) is 4. The van der Waals surface area contributed by atoms with Gasteiger partial charge in [-0.1, -0.05) is 36.4 Å². The van der Waals surface area contributed by atoms with Crippen LogP contribution in [0.5, 0.6) is 5.75 Å². The highest BCUT2D eigenvalue weighted by Gasteiger charge is 2.57. The van der Waals surface area contributed by atoms with Gasteiger partial charge in [0.15, 0.2) is 0 Å². The van der Waals surface area contributed by atoms with E-state index in [1.165, 1.54) is 19.2 Å². The molecular formula is C22H15FO4. The van der Waals surface area contributed by atoms with Crippen LogP contribution in [-0.2, 0) is 15.3 Å². The summed E-state index contributed by atoms with van der Waals surface area (Å²) >= 11 is 0. The van der Waals surface area contributed by atoms with Gasteiger partial charge < -0.3 is 14.2 Å². The highest BCUT2D eigenvalue weighted by atomic mass is 19.1. The Bertz CT molecular complexity index is 1080. The first-order valence-electron chi connectivity index (χ1n) is 8.57. The lowest BCUT2D eigenvalue weighted by atomic mass is 9.83. The Morgan fingerprint density at radius 1 is 1.00 bits per heavy atom. The summed E-state index contributed by atoms with van der Waals surface area (Å²) in [5.74, 6) is -1.71. The maximum absolute atomic E-state index is 13.7. The second-order valence-electron chi connectivity index (χ2n) is 6.55. The van der Waals surface area contributed by atoms with Crippen molar-refractivity contribution in [1.82, 2.24) is 0 Å². The minimum absolute atomic E-state index is 0.295. The van der Waals surface area contributed by atoms with Gasteiger partial charge in [-0.05, 0) is 35.4 Å². The fraction of sp³-hybridized carbons (Fsp3) is 0.136. The molecule has 0 radical (unpaired) electrons. The molecule has 2 atom stereocenters. The van der Waals surface area contributed by atoms with Gasteiger partial charge in [-0.25, -0.2) is 9.18 Å². The number of fused-ring (bicyclic) bond motifs is 8. The zero-order valence-corrected chi connectivity index (χ0v) is 14.4. The number of methoxy groups -OCH3 is 1. The van der Waals surface area contributed by atoms with E-state index < -0.39 is 17.6 Å². The van der Waals surface area contributed by atoms with Crippen molar-refractivity contribution in [2.75, 3.05) is 7.11 Å². The van der Waals surface area contributed by atoms with Crippen molar-refractivity contribution < 1.29 is 23.4 Å². The highest BCUT2D eigenvalue weighted by Crippen LogP contribution is 2.58. The average Bonchev–Trinajstić information content (AvgIpc) is 3.19. The summed E-state index contributed by atoms with van der Waals surface area (Å²) in [7, 11) is 1.34. The Labute approximate surface area is 155 Å². The molecule has 0 spiro atoms. The smallest absolute Gasteiger partial charge is 0.337 e. The lowest BCUT2D eigenvalue weighted by molar-refractivity contribution is -0.144. The van der Waals surface area contributed by atoms with Crippen molar-refractivity contribution in [2.24, 2.45) is 0 Å². The number of carbonyl (C=O) groups is 1. The molecule has 0 aliphatic carbocycles. The molecule has 0 N–H and O–H groups in total. The molecule has 27 heavy (non-hydrogen) atoms. The molecule has 0 aromatic heterocycles. The van der Waals surface area contributed by atoms with Gasteiger partial charge in [0.05, 0.1) is 12.7 Å². The molecule has 2 aliphatic heterocycles. The largest absolute Gasteiger partial charge is 0.465 e. The summed E-state index contributed by atoms with van der Waals surface area (Å²) in [6.07, 6.45) is -0.295. The van der Waals surface area contributed by atoms with Crippen LogP contribution in [0.25, 0.3) is 0 Å². The molecule has 0 amide bonds. The first-order valence-corrected chi connectivity index (χ1v) is 8.57. The maximum atomic E-state index is 13.7. The van der Waals surface area contributed by atoms with Crippen LogP contribution in [0, 0.1) is 5.82 Å². The zero-order valence-electron chi connectivity index (χ0n) is 14.4. The number of hydrogen-bond donors (Lipinski definition) is 0. The minimum Gasteiger partial charge on any atom is -0.465 e. The summed E-state index contributed by atoms with van der Waals surface area (Å²) in [5, 5.41) is 0. The maximum Gasteiger partial charge on any atom is 0.337 e. The van der Waals surface area contributed by atoms with Crippen LogP contribution >= 0.6 is 0 Å². The molecule has 4 nitrogen and oxygen atoms in total. The first kappa shape index (κ1) is 16.0. The third-order valence-electron chi connectivity index (χ3n) is 5.05. The molecule has 2 heterocycles. The second-order valence-corrected chi connectivity index (χ2v) is 6.55. The van der Waals surface area contributed by atoms with Crippen LogP contribution in [0.3, 0.4) is 0 Å². The number of rotatable bonds is 3. The van der Waals surface area contributed by atoms with Crippen LogP contribution < -0.4 is 4.74 Å². The molecule has 5 rings (SSSR count). The summed E-state index contributed by atoms with van der Waals surface area (Å²) in [6.45, 7) is 0. The van der Waals surface area contributed by atoms with E-state index >= 15 is 0 Å². The van der Waals surface area contributed by atoms with Crippen LogP contribution in [0.2, 0.25) is 0 Å². The van der Waals surface area contributed by atoms with Gasteiger partial charge in [0.2, 0.25) is 0 Å². The van der Waals surface area contributed by atoms with E-state index in [2.05, 4.69) is 0 Å². The van der Waals surface area contributed by atoms with E-state index in [4.69, 9.17) is 14.2 Å². The van der Waals surface area contributed by atoms with E-state index in [-0.39, 0.29) is 6.10 Å². The van der Waals surface area contributed by atoms with Crippen LogP contribution in [0.4, 0.5) is 4.39 Å². The third-order valence-corrected chi connectivity index (χ3v) is 5.05. The molecule has 3 aromatic carbocycles. The van der Waals surface area contributed by atoms with Crippen molar-refractivity contribution >= 4 is 5.97 Å². The standard InChI is InChI=1S/C22H15FO4/c1-25-21(24)13-9-10-17-19(11-13)22(26-15-6-4-5-14(23)12-15)18-8-3-2-7-16(18)20(17)27-22/h2-12,20H,1H3/t20-,22+/m1/s1. The third kappa shape index (κ3) is 2.22. The van der Waals surface area contributed by atoms with Crippen LogP contribution in [0.15, 0.2) is 66.7 Å². The van der Waals surface area contributed by atoms with Crippen molar-refractivity contribution in [3.8, 4) is 5.75 Å².